The zero-order valence-corrected chi connectivity index (χ0v) is 18.0. The number of nitrogens with two attached hydrogens (primary N) is 1. The van der Waals surface area contributed by atoms with Crippen molar-refractivity contribution in [3.8, 4) is 0 Å². The van der Waals surface area contributed by atoms with Crippen molar-refractivity contribution in [1.29, 1.82) is 0 Å². The molecule has 166 valence electrons. The van der Waals surface area contributed by atoms with Crippen LogP contribution in [-0.4, -0.2) is 49.4 Å². The van der Waals surface area contributed by atoms with Crippen LogP contribution in [0.1, 0.15) is 54.3 Å². The molecule has 7 heteroatoms. The molecule has 0 saturated carbocycles. The summed E-state index contributed by atoms with van der Waals surface area (Å²) >= 11 is 0. The van der Waals surface area contributed by atoms with Crippen molar-refractivity contribution >= 4 is 17.5 Å². The highest BCUT2D eigenvalue weighted by Crippen LogP contribution is 2.25. The number of hydrogen-bond acceptors (Lipinski definition) is 5. The number of carbonyl (C=O) groups excluding carboxylic acids is 2. The predicted molar refractivity (Wildman–Crippen MR) is 120 cm³/mol. The van der Waals surface area contributed by atoms with Crippen LogP contribution in [0.25, 0.3) is 0 Å². The zero-order chi connectivity index (χ0) is 21.6. The fourth-order valence-corrected chi connectivity index (χ4v) is 4.68. The van der Waals surface area contributed by atoms with Gasteiger partial charge in [-0.15, -0.1) is 0 Å². The molecule has 0 radical (unpaired) electrons. The number of anilines is 1. The zero-order valence-electron chi connectivity index (χ0n) is 18.0. The van der Waals surface area contributed by atoms with E-state index in [1.54, 1.807) is 6.26 Å². The quantitative estimate of drug-likeness (QED) is 0.713. The largest absolute Gasteiger partial charge is 0.468 e. The average Bonchev–Trinajstić information content (AvgIpc) is 3.34. The number of amides is 2. The summed E-state index contributed by atoms with van der Waals surface area (Å²) < 4.78 is 5.66. The fraction of sp³-hybridized carbons (Fsp3) is 0.500. The van der Waals surface area contributed by atoms with E-state index >= 15 is 0 Å². The Morgan fingerprint density at radius 3 is 2.52 bits per heavy atom. The lowest BCUT2D eigenvalue weighted by atomic mass is 9.97. The molecule has 2 saturated heterocycles. The van der Waals surface area contributed by atoms with Crippen molar-refractivity contribution in [2.75, 3.05) is 37.6 Å². The molecule has 1 aromatic carbocycles. The van der Waals surface area contributed by atoms with Crippen LogP contribution in [0.5, 0.6) is 0 Å². The number of benzene rings is 1. The molecule has 2 amide bonds. The van der Waals surface area contributed by atoms with Gasteiger partial charge in [-0.25, -0.2) is 0 Å². The number of rotatable bonds is 7. The van der Waals surface area contributed by atoms with Crippen LogP contribution in [0.2, 0.25) is 0 Å². The van der Waals surface area contributed by atoms with E-state index in [9.17, 15) is 9.59 Å². The minimum atomic E-state index is -0.236. The van der Waals surface area contributed by atoms with E-state index < -0.39 is 0 Å². The van der Waals surface area contributed by atoms with Gasteiger partial charge < -0.3 is 20.4 Å². The van der Waals surface area contributed by atoms with E-state index in [0.29, 0.717) is 18.7 Å². The Balaban J connectivity index is 1.37. The minimum Gasteiger partial charge on any atom is -0.468 e. The third-order valence-electron chi connectivity index (χ3n) is 6.48. The van der Waals surface area contributed by atoms with Gasteiger partial charge in [-0.3, -0.25) is 14.5 Å². The summed E-state index contributed by atoms with van der Waals surface area (Å²) in [4.78, 5) is 28.9. The van der Waals surface area contributed by atoms with Gasteiger partial charge in [-0.05, 0) is 75.2 Å². The van der Waals surface area contributed by atoms with Gasteiger partial charge >= 0.3 is 0 Å². The molecular formula is C24H32N4O3. The summed E-state index contributed by atoms with van der Waals surface area (Å²) in [6.45, 7) is 4.11. The molecule has 0 unspecified atom stereocenters. The van der Waals surface area contributed by atoms with Gasteiger partial charge in [-0.1, -0.05) is 6.42 Å². The number of likely N-dealkylation sites (tertiary alicyclic amines) is 1. The first-order valence-electron chi connectivity index (χ1n) is 11.3. The third-order valence-corrected chi connectivity index (χ3v) is 6.48. The first kappa shape index (κ1) is 21.4. The number of nitrogens with zero attached hydrogens (tertiary/aromatic N) is 2. The predicted octanol–water partition coefficient (Wildman–Crippen LogP) is 2.94. The first-order chi connectivity index (χ1) is 15.1. The summed E-state index contributed by atoms with van der Waals surface area (Å²) in [5.41, 5.74) is 7.14. The second-order valence-corrected chi connectivity index (χ2v) is 8.57. The van der Waals surface area contributed by atoms with Crippen molar-refractivity contribution in [2.24, 2.45) is 11.7 Å². The minimum absolute atomic E-state index is 0.0533. The van der Waals surface area contributed by atoms with E-state index in [0.717, 1.165) is 43.9 Å². The van der Waals surface area contributed by atoms with Gasteiger partial charge in [0, 0.05) is 30.9 Å². The maximum atomic E-state index is 12.8. The highest BCUT2D eigenvalue weighted by atomic mass is 16.3. The summed E-state index contributed by atoms with van der Waals surface area (Å²) in [6, 6.07) is 11.5. The van der Waals surface area contributed by atoms with Crippen molar-refractivity contribution < 1.29 is 14.0 Å². The van der Waals surface area contributed by atoms with Crippen LogP contribution in [0.3, 0.4) is 0 Å². The van der Waals surface area contributed by atoms with E-state index in [1.165, 1.54) is 19.3 Å². The maximum absolute atomic E-state index is 12.8. The van der Waals surface area contributed by atoms with Crippen molar-refractivity contribution in [2.45, 2.75) is 38.1 Å². The SMILES string of the molecule is NC(=O)[C@H]1CCCN(c2ccc(C(=O)NC[C@H](c3ccco3)N3CCCCC3)cc2)C1. The fourth-order valence-electron chi connectivity index (χ4n) is 4.68. The van der Waals surface area contributed by atoms with Crippen LogP contribution in [0.4, 0.5) is 5.69 Å². The van der Waals surface area contributed by atoms with Crippen LogP contribution in [0, 0.1) is 5.92 Å². The number of piperidine rings is 2. The lowest BCUT2D eigenvalue weighted by molar-refractivity contribution is -0.122. The number of furan rings is 1. The van der Waals surface area contributed by atoms with Crippen molar-refractivity contribution in [3.63, 3.8) is 0 Å². The topological polar surface area (TPSA) is 91.8 Å². The monoisotopic (exact) mass is 424 g/mol. The maximum Gasteiger partial charge on any atom is 0.251 e. The Kier molecular flexibility index (Phi) is 6.92. The highest BCUT2D eigenvalue weighted by molar-refractivity contribution is 5.94. The molecule has 4 rings (SSSR count). The molecule has 3 N–H and O–H groups in total. The van der Waals surface area contributed by atoms with Crippen LogP contribution >= 0.6 is 0 Å². The molecule has 31 heavy (non-hydrogen) atoms. The van der Waals surface area contributed by atoms with Crippen LogP contribution < -0.4 is 16.0 Å². The molecule has 2 atom stereocenters. The van der Waals surface area contributed by atoms with Gasteiger partial charge in [0.05, 0.1) is 18.2 Å². The van der Waals surface area contributed by atoms with Gasteiger partial charge in [0.15, 0.2) is 0 Å². The molecule has 0 spiro atoms. The molecule has 2 fully saturated rings. The Morgan fingerprint density at radius 1 is 1.06 bits per heavy atom. The summed E-state index contributed by atoms with van der Waals surface area (Å²) in [7, 11) is 0. The molecule has 0 bridgehead atoms. The Morgan fingerprint density at radius 2 is 1.84 bits per heavy atom. The number of nitrogens with one attached hydrogen (secondary N) is 1. The standard InChI is InChI=1S/C24H32N4O3/c25-23(29)19-6-4-14-28(17-19)20-10-8-18(9-11-20)24(30)26-16-21(22-7-5-15-31-22)27-12-2-1-3-13-27/h5,7-11,15,19,21H,1-4,6,12-14,16-17H2,(H2,25,29)(H,26,30)/t19-,21+/m0/s1. The molecular weight excluding hydrogens is 392 g/mol. The molecule has 7 nitrogen and oxygen atoms in total. The molecule has 1 aromatic heterocycles. The Labute approximate surface area is 183 Å². The normalized spacial score (nSPS) is 20.9. The molecule has 0 aliphatic carbocycles. The van der Waals surface area contributed by atoms with Crippen molar-refractivity contribution in [3.05, 3.63) is 54.0 Å². The van der Waals surface area contributed by atoms with Gasteiger partial charge in [0.2, 0.25) is 5.91 Å². The summed E-state index contributed by atoms with van der Waals surface area (Å²) in [6.07, 6.45) is 7.10. The number of carbonyl (C=O) groups is 2. The highest BCUT2D eigenvalue weighted by Gasteiger charge is 2.26. The lowest BCUT2D eigenvalue weighted by Crippen LogP contribution is -2.41. The van der Waals surface area contributed by atoms with Gasteiger partial charge in [0.25, 0.3) is 5.91 Å². The van der Waals surface area contributed by atoms with Crippen LogP contribution in [0.15, 0.2) is 47.1 Å². The van der Waals surface area contributed by atoms with Crippen LogP contribution in [-0.2, 0) is 4.79 Å². The molecule has 2 aliphatic rings. The van der Waals surface area contributed by atoms with E-state index in [4.69, 9.17) is 10.2 Å². The summed E-state index contributed by atoms with van der Waals surface area (Å²) in [5, 5.41) is 3.09. The Hall–Kier alpha value is -2.80. The number of hydrogen-bond donors (Lipinski definition) is 2. The Bertz CT molecular complexity index is 859. The first-order valence-corrected chi connectivity index (χ1v) is 11.3. The second-order valence-electron chi connectivity index (χ2n) is 8.57. The van der Waals surface area contributed by atoms with E-state index in [2.05, 4.69) is 15.1 Å². The van der Waals surface area contributed by atoms with E-state index in [-0.39, 0.29) is 23.8 Å². The van der Waals surface area contributed by atoms with Gasteiger partial charge in [-0.2, -0.15) is 0 Å². The second kappa shape index (κ2) is 10.0. The molecule has 2 aliphatic heterocycles. The average molecular weight is 425 g/mol. The molecule has 2 aromatic rings. The number of primary amides is 1. The summed E-state index contributed by atoms with van der Waals surface area (Å²) in [5.74, 6) is 0.464. The molecule has 3 heterocycles. The van der Waals surface area contributed by atoms with E-state index in [1.807, 2.05) is 36.4 Å². The van der Waals surface area contributed by atoms with Gasteiger partial charge in [0.1, 0.15) is 5.76 Å². The smallest absolute Gasteiger partial charge is 0.251 e. The van der Waals surface area contributed by atoms with Crippen molar-refractivity contribution in [1.82, 2.24) is 10.2 Å². The third kappa shape index (κ3) is 5.28. The lowest BCUT2D eigenvalue weighted by Gasteiger charge is -2.33.